The third-order valence-electron chi connectivity index (χ3n) is 2.09. The molecule has 0 aliphatic heterocycles. The Morgan fingerprint density at radius 1 is 1.23 bits per heavy atom. The van der Waals surface area contributed by atoms with E-state index in [1.54, 1.807) is 6.33 Å². The predicted octanol–water partition coefficient (Wildman–Crippen LogP) is 1.91. The lowest BCUT2D eigenvalue weighted by Gasteiger charge is -1.95. The molecule has 13 heavy (non-hydrogen) atoms. The number of aromatic nitrogens is 3. The molecular formula is C10H6N3. The Hall–Kier alpha value is -1.90. The van der Waals surface area contributed by atoms with E-state index in [1.165, 1.54) is 0 Å². The maximum atomic E-state index is 4.17. The van der Waals surface area contributed by atoms with Crippen molar-refractivity contribution in [1.82, 2.24) is 15.0 Å². The maximum absolute atomic E-state index is 4.17. The summed E-state index contributed by atoms with van der Waals surface area (Å²) < 4.78 is 0. The first-order valence-electron chi connectivity index (χ1n) is 4.05. The summed E-state index contributed by atoms with van der Waals surface area (Å²) in [6.45, 7) is 0. The van der Waals surface area contributed by atoms with E-state index in [0.29, 0.717) is 0 Å². The van der Waals surface area contributed by atoms with Gasteiger partial charge in [0.05, 0.1) is 17.4 Å². The lowest BCUT2D eigenvalue weighted by Crippen LogP contribution is -1.80. The number of fused-ring (bicyclic) bond motifs is 3. The number of benzene rings is 1. The van der Waals surface area contributed by atoms with Gasteiger partial charge in [-0.15, -0.1) is 0 Å². The zero-order valence-corrected chi connectivity index (χ0v) is 6.78. The Balaban J connectivity index is 2.65. The molecule has 1 aromatic carbocycles. The number of hydrogen-bond donors (Lipinski definition) is 1. The highest BCUT2D eigenvalue weighted by Crippen LogP contribution is 2.18. The van der Waals surface area contributed by atoms with Crippen molar-refractivity contribution in [3.63, 3.8) is 0 Å². The van der Waals surface area contributed by atoms with Crippen LogP contribution in [0.15, 0.2) is 30.6 Å². The fourth-order valence-corrected chi connectivity index (χ4v) is 1.48. The number of aromatic amines is 1. The quantitative estimate of drug-likeness (QED) is 0.557. The first-order valence-corrected chi connectivity index (χ1v) is 4.05. The van der Waals surface area contributed by atoms with E-state index in [1.807, 2.05) is 24.3 Å². The SMILES string of the molecule is [c]1nc2ccccc2c2[nH]cnc12. The smallest absolute Gasteiger partial charge is 0.120 e. The Labute approximate surface area is 74.4 Å². The van der Waals surface area contributed by atoms with Crippen molar-refractivity contribution in [1.29, 1.82) is 0 Å². The van der Waals surface area contributed by atoms with E-state index in [4.69, 9.17) is 0 Å². The largest absolute Gasteiger partial charge is 0.344 e. The molecule has 0 amide bonds. The molecule has 3 heteroatoms. The van der Waals surface area contributed by atoms with Crippen molar-refractivity contribution < 1.29 is 0 Å². The zero-order chi connectivity index (χ0) is 8.67. The van der Waals surface area contributed by atoms with Crippen LogP contribution in [0.3, 0.4) is 0 Å². The summed E-state index contributed by atoms with van der Waals surface area (Å²) in [4.78, 5) is 11.3. The molecule has 1 N–H and O–H groups in total. The van der Waals surface area contributed by atoms with Crippen LogP contribution in [0.1, 0.15) is 0 Å². The number of H-pyrrole nitrogens is 1. The number of pyridine rings is 1. The van der Waals surface area contributed by atoms with Gasteiger partial charge >= 0.3 is 0 Å². The summed E-state index contributed by atoms with van der Waals surface area (Å²) in [5.41, 5.74) is 2.74. The van der Waals surface area contributed by atoms with Crippen molar-refractivity contribution in [2.45, 2.75) is 0 Å². The lowest BCUT2D eigenvalue weighted by atomic mass is 10.2. The first kappa shape index (κ1) is 6.60. The predicted molar refractivity (Wildman–Crippen MR) is 50.2 cm³/mol. The van der Waals surface area contributed by atoms with Crippen LogP contribution in [0.2, 0.25) is 0 Å². The third kappa shape index (κ3) is 0.839. The molecule has 61 valence electrons. The first-order chi connectivity index (χ1) is 6.45. The minimum Gasteiger partial charge on any atom is -0.344 e. The Bertz CT molecular complexity index is 568. The van der Waals surface area contributed by atoms with Crippen LogP contribution in [-0.2, 0) is 0 Å². The van der Waals surface area contributed by atoms with Crippen molar-refractivity contribution in [2.24, 2.45) is 0 Å². The van der Waals surface area contributed by atoms with Crippen LogP contribution in [0.5, 0.6) is 0 Å². The molecule has 2 heterocycles. The molecule has 2 aromatic heterocycles. The highest BCUT2D eigenvalue weighted by Gasteiger charge is 2.01. The highest BCUT2D eigenvalue weighted by atomic mass is 14.9. The van der Waals surface area contributed by atoms with Crippen LogP contribution in [0.25, 0.3) is 21.9 Å². The van der Waals surface area contributed by atoms with Crippen LogP contribution in [-0.4, -0.2) is 15.0 Å². The fourth-order valence-electron chi connectivity index (χ4n) is 1.48. The maximum Gasteiger partial charge on any atom is 0.120 e. The fraction of sp³-hybridized carbons (Fsp3) is 0. The molecule has 0 saturated carbocycles. The number of nitrogens with zero attached hydrogens (tertiary/aromatic N) is 2. The van der Waals surface area contributed by atoms with Crippen molar-refractivity contribution >= 4 is 21.9 Å². The summed E-state index contributed by atoms with van der Waals surface area (Å²) in [5.74, 6) is 0. The van der Waals surface area contributed by atoms with Crippen molar-refractivity contribution in [3.8, 4) is 0 Å². The minimum absolute atomic E-state index is 0.790. The number of imidazole rings is 1. The molecule has 1 radical (unpaired) electrons. The summed E-state index contributed by atoms with van der Waals surface area (Å²) >= 11 is 0. The molecule has 3 nitrogen and oxygen atoms in total. The molecule has 0 bridgehead atoms. The Morgan fingerprint density at radius 2 is 2.15 bits per heavy atom. The molecule has 3 aromatic rings. The molecule has 3 rings (SSSR count). The molecule has 0 fully saturated rings. The number of hydrogen-bond acceptors (Lipinski definition) is 2. The van der Waals surface area contributed by atoms with E-state index >= 15 is 0 Å². The number of nitrogens with one attached hydrogen (secondary N) is 1. The second-order valence-corrected chi connectivity index (χ2v) is 2.87. The van der Waals surface area contributed by atoms with Gasteiger partial charge in [0.2, 0.25) is 0 Å². The van der Waals surface area contributed by atoms with E-state index < -0.39 is 0 Å². The van der Waals surface area contributed by atoms with Gasteiger partial charge < -0.3 is 4.98 Å². The molecular weight excluding hydrogens is 162 g/mol. The van der Waals surface area contributed by atoms with E-state index in [2.05, 4.69) is 21.1 Å². The van der Waals surface area contributed by atoms with Crippen molar-refractivity contribution in [3.05, 3.63) is 36.8 Å². The standard InChI is InChI=1S/C10H6N3/c1-2-4-8-7(3-1)10-9(5-11-8)12-6-13-10/h1-4,6H,(H,12,13). The minimum atomic E-state index is 0.790. The van der Waals surface area contributed by atoms with Gasteiger partial charge in [-0.05, 0) is 6.07 Å². The average molecular weight is 168 g/mol. The van der Waals surface area contributed by atoms with Gasteiger partial charge in [-0.3, -0.25) is 0 Å². The van der Waals surface area contributed by atoms with Crippen LogP contribution in [0.4, 0.5) is 0 Å². The van der Waals surface area contributed by atoms with Crippen LogP contribution >= 0.6 is 0 Å². The van der Waals surface area contributed by atoms with Gasteiger partial charge in [0.25, 0.3) is 0 Å². The second-order valence-electron chi connectivity index (χ2n) is 2.87. The van der Waals surface area contributed by atoms with Crippen LogP contribution < -0.4 is 0 Å². The molecule has 0 unspecified atom stereocenters. The average Bonchev–Trinajstić information content (AvgIpc) is 2.65. The van der Waals surface area contributed by atoms with Gasteiger partial charge in [0.1, 0.15) is 11.7 Å². The second kappa shape index (κ2) is 2.29. The summed E-state index contributed by atoms with van der Waals surface area (Å²) in [7, 11) is 0. The van der Waals surface area contributed by atoms with Gasteiger partial charge in [0.15, 0.2) is 0 Å². The van der Waals surface area contributed by atoms with Gasteiger partial charge in [-0.25, -0.2) is 9.97 Å². The lowest BCUT2D eigenvalue weighted by molar-refractivity contribution is 1.34. The zero-order valence-electron chi connectivity index (χ0n) is 6.78. The summed E-state index contributed by atoms with van der Waals surface area (Å²) in [6.07, 6.45) is 4.54. The van der Waals surface area contributed by atoms with Gasteiger partial charge in [-0.2, -0.15) is 0 Å². The van der Waals surface area contributed by atoms with E-state index in [0.717, 1.165) is 21.9 Å². The number of rotatable bonds is 0. The van der Waals surface area contributed by atoms with Gasteiger partial charge in [0, 0.05) is 5.39 Å². The van der Waals surface area contributed by atoms with E-state index in [9.17, 15) is 0 Å². The van der Waals surface area contributed by atoms with E-state index in [-0.39, 0.29) is 0 Å². The van der Waals surface area contributed by atoms with Crippen LogP contribution in [0, 0.1) is 6.20 Å². The molecule has 0 saturated heterocycles. The van der Waals surface area contributed by atoms with Gasteiger partial charge in [-0.1, -0.05) is 18.2 Å². The third-order valence-corrected chi connectivity index (χ3v) is 2.09. The molecule has 0 atom stereocenters. The topological polar surface area (TPSA) is 41.6 Å². The molecule has 0 aliphatic rings. The molecule has 0 aliphatic carbocycles. The highest BCUT2D eigenvalue weighted by molar-refractivity contribution is 6.01. The number of para-hydroxylation sites is 1. The normalized spacial score (nSPS) is 11.1. The summed E-state index contributed by atoms with van der Waals surface area (Å²) in [5, 5.41) is 1.09. The molecule has 0 spiro atoms. The monoisotopic (exact) mass is 168 g/mol. The Kier molecular flexibility index (Phi) is 1.16. The Morgan fingerprint density at radius 3 is 3.15 bits per heavy atom. The summed E-state index contributed by atoms with van der Waals surface area (Å²) in [6, 6.07) is 7.94. The van der Waals surface area contributed by atoms with Crippen molar-refractivity contribution in [2.75, 3.05) is 0 Å².